The van der Waals surface area contributed by atoms with Crippen LogP contribution in [0.1, 0.15) is 27.7 Å². The van der Waals surface area contributed by atoms with Crippen LogP contribution in [-0.2, 0) is 28.5 Å². The van der Waals surface area contributed by atoms with Crippen LogP contribution in [0.3, 0.4) is 0 Å². The number of nitriles is 1. The van der Waals surface area contributed by atoms with Crippen LogP contribution in [0.25, 0.3) is 0 Å². The van der Waals surface area contributed by atoms with E-state index in [1.54, 1.807) is 13.8 Å². The molecule has 21 heavy (non-hydrogen) atoms. The van der Waals surface area contributed by atoms with Gasteiger partial charge in [0.1, 0.15) is 12.2 Å². The number of ether oxygens (including phenoxy) is 4. The van der Waals surface area contributed by atoms with E-state index in [-0.39, 0.29) is 0 Å². The predicted octanol–water partition coefficient (Wildman–Crippen LogP) is 0.833. The Balaban J connectivity index is 2.37. The molecule has 4 atom stereocenters. The Morgan fingerprint density at radius 2 is 1.86 bits per heavy atom. The maximum atomic E-state index is 11.3. The van der Waals surface area contributed by atoms with E-state index in [0.717, 1.165) is 0 Å². The largest absolute Gasteiger partial charge is 0.455 e. The Morgan fingerprint density at radius 3 is 2.38 bits per heavy atom. The second-order valence-electron chi connectivity index (χ2n) is 5.40. The van der Waals surface area contributed by atoms with Crippen molar-refractivity contribution in [3.63, 3.8) is 0 Å². The number of fused-ring (bicyclic) bond motifs is 1. The molecule has 7 heteroatoms. The van der Waals surface area contributed by atoms with E-state index < -0.39 is 42.1 Å². The van der Waals surface area contributed by atoms with Gasteiger partial charge in [0.2, 0.25) is 0 Å². The molecule has 0 bridgehead atoms. The molecule has 0 radical (unpaired) electrons. The average Bonchev–Trinajstić information content (AvgIpc) is 2.66. The van der Waals surface area contributed by atoms with Gasteiger partial charge < -0.3 is 18.9 Å². The first-order chi connectivity index (χ1) is 9.73. The van der Waals surface area contributed by atoms with Crippen LogP contribution >= 0.6 is 0 Å². The third kappa shape index (κ3) is 3.23. The molecule has 114 valence electrons. The van der Waals surface area contributed by atoms with Gasteiger partial charge in [0, 0.05) is 13.8 Å². The Labute approximate surface area is 122 Å². The zero-order valence-electron chi connectivity index (χ0n) is 12.3. The summed E-state index contributed by atoms with van der Waals surface area (Å²) in [6.07, 6.45) is -1.63. The number of nitrogens with zero attached hydrogens (tertiary/aromatic N) is 1. The summed E-state index contributed by atoms with van der Waals surface area (Å²) >= 11 is 0. The standard InChI is InChI=1S/C14H17NO6/c1-7(16)18-10-5-9(6-15)11-13(12(10)19-8(2)17)21-14(3,4)20-11/h5,10-13H,1-4H3/t10-,11-,12-,13-/m1/s1. The topological polar surface area (TPSA) is 94.9 Å². The minimum absolute atomic E-state index is 0.292. The fraction of sp³-hybridized carbons (Fsp3) is 0.643. The van der Waals surface area contributed by atoms with Crippen LogP contribution in [0.15, 0.2) is 11.6 Å². The van der Waals surface area contributed by atoms with Crippen LogP contribution in [0.4, 0.5) is 0 Å². The van der Waals surface area contributed by atoms with Crippen molar-refractivity contribution in [3.8, 4) is 6.07 Å². The average molecular weight is 295 g/mol. The molecular formula is C14H17NO6. The Bertz CT molecular complexity index is 532. The number of esters is 2. The fourth-order valence-electron chi connectivity index (χ4n) is 2.54. The van der Waals surface area contributed by atoms with Crippen LogP contribution in [0, 0.1) is 11.3 Å². The lowest BCUT2D eigenvalue weighted by Crippen LogP contribution is -2.50. The second kappa shape index (κ2) is 5.47. The molecule has 0 amide bonds. The summed E-state index contributed by atoms with van der Waals surface area (Å²) in [7, 11) is 0. The summed E-state index contributed by atoms with van der Waals surface area (Å²) in [5.41, 5.74) is 0.292. The van der Waals surface area contributed by atoms with Crippen LogP contribution in [0.2, 0.25) is 0 Å². The zero-order chi connectivity index (χ0) is 15.8. The molecule has 0 N–H and O–H groups in total. The summed E-state index contributed by atoms with van der Waals surface area (Å²) in [6, 6.07) is 2.01. The normalized spacial score (nSPS) is 33.4. The minimum atomic E-state index is -0.922. The monoisotopic (exact) mass is 295 g/mol. The number of carbonyl (C=O) groups is 2. The van der Waals surface area contributed by atoms with E-state index in [0.29, 0.717) is 5.57 Å². The molecule has 2 aliphatic rings. The van der Waals surface area contributed by atoms with Crippen molar-refractivity contribution in [2.75, 3.05) is 0 Å². The van der Waals surface area contributed by atoms with Crippen LogP contribution in [0.5, 0.6) is 0 Å². The molecule has 1 aliphatic carbocycles. The van der Waals surface area contributed by atoms with Gasteiger partial charge in [0.15, 0.2) is 18.0 Å². The molecule has 0 saturated carbocycles. The van der Waals surface area contributed by atoms with Crippen molar-refractivity contribution in [3.05, 3.63) is 11.6 Å². The second-order valence-corrected chi connectivity index (χ2v) is 5.40. The first-order valence-electron chi connectivity index (χ1n) is 6.55. The summed E-state index contributed by atoms with van der Waals surface area (Å²) < 4.78 is 21.8. The predicted molar refractivity (Wildman–Crippen MR) is 68.6 cm³/mol. The summed E-state index contributed by atoms with van der Waals surface area (Å²) in [5.74, 6) is -1.99. The first kappa shape index (κ1) is 15.5. The molecule has 0 aromatic rings. The van der Waals surface area contributed by atoms with Gasteiger partial charge in [-0.1, -0.05) is 0 Å². The lowest BCUT2D eigenvalue weighted by molar-refractivity contribution is -0.183. The third-order valence-electron chi connectivity index (χ3n) is 3.16. The van der Waals surface area contributed by atoms with E-state index in [2.05, 4.69) is 0 Å². The molecule has 0 aromatic carbocycles. The highest BCUT2D eigenvalue weighted by Gasteiger charge is 2.53. The van der Waals surface area contributed by atoms with Crippen LogP contribution in [-0.4, -0.2) is 42.1 Å². The quantitative estimate of drug-likeness (QED) is 0.696. The molecule has 0 aromatic heterocycles. The Hall–Kier alpha value is -1.91. The molecule has 0 unspecified atom stereocenters. The van der Waals surface area contributed by atoms with Crippen LogP contribution < -0.4 is 0 Å². The molecule has 1 aliphatic heterocycles. The third-order valence-corrected chi connectivity index (χ3v) is 3.16. The molecule has 7 nitrogen and oxygen atoms in total. The number of rotatable bonds is 2. The van der Waals surface area contributed by atoms with Crippen molar-refractivity contribution in [1.29, 1.82) is 5.26 Å². The van der Waals surface area contributed by atoms with Gasteiger partial charge in [-0.15, -0.1) is 0 Å². The maximum absolute atomic E-state index is 11.3. The van der Waals surface area contributed by atoms with Crippen molar-refractivity contribution in [2.45, 2.75) is 57.9 Å². The van der Waals surface area contributed by atoms with Crippen molar-refractivity contribution >= 4 is 11.9 Å². The SMILES string of the molecule is CC(=O)O[C@H]1[C@@H]2OC(C)(C)O[C@@H]2C(C#N)=C[C@H]1OC(C)=O. The molecule has 1 heterocycles. The minimum Gasteiger partial charge on any atom is -0.455 e. The van der Waals surface area contributed by atoms with E-state index in [1.807, 2.05) is 6.07 Å². The fourth-order valence-corrected chi connectivity index (χ4v) is 2.54. The lowest BCUT2D eigenvalue weighted by Gasteiger charge is -2.34. The maximum Gasteiger partial charge on any atom is 0.303 e. The van der Waals surface area contributed by atoms with Crippen molar-refractivity contribution in [2.24, 2.45) is 0 Å². The molecule has 0 spiro atoms. The van der Waals surface area contributed by atoms with Gasteiger partial charge >= 0.3 is 11.9 Å². The van der Waals surface area contributed by atoms with E-state index >= 15 is 0 Å². The lowest BCUT2D eigenvalue weighted by atomic mass is 9.90. The van der Waals surface area contributed by atoms with Gasteiger partial charge in [-0.3, -0.25) is 9.59 Å². The zero-order valence-corrected chi connectivity index (χ0v) is 12.3. The number of hydrogen-bond acceptors (Lipinski definition) is 7. The van der Waals surface area contributed by atoms with Crippen molar-refractivity contribution in [1.82, 2.24) is 0 Å². The molecule has 1 saturated heterocycles. The highest BCUT2D eigenvalue weighted by Crippen LogP contribution is 2.39. The van der Waals surface area contributed by atoms with E-state index in [4.69, 9.17) is 18.9 Å². The Morgan fingerprint density at radius 1 is 1.24 bits per heavy atom. The summed E-state index contributed by atoms with van der Waals surface area (Å²) in [6.45, 7) is 5.90. The Kier molecular flexibility index (Phi) is 4.03. The van der Waals surface area contributed by atoms with Gasteiger partial charge in [0.25, 0.3) is 0 Å². The van der Waals surface area contributed by atoms with E-state index in [1.165, 1.54) is 19.9 Å². The number of carbonyl (C=O) groups excluding carboxylic acids is 2. The van der Waals surface area contributed by atoms with Gasteiger partial charge in [-0.2, -0.15) is 5.26 Å². The van der Waals surface area contributed by atoms with Gasteiger partial charge in [0.05, 0.1) is 11.6 Å². The smallest absolute Gasteiger partial charge is 0.303 e. The molecule has 1 fully saturated rings. The van der Waals surface area contributed by atoms with Gasteiger partial charge in [-0.05, 0) is 19.9 Å². The first-order valence-corrected chi connectivity index (χ1v) is 6.55. The highest BCUT2D eigenvalue weighted by molar-refractivity contribution is 5.68. The molecular weight excluding hydrogens is 278 g/mol. The summed E-state index contributed by atoms with van der Waals surface area (Å²) in [4.78, 5) is 22.5. The van der Waals surface area contributed by atoms with Gasteiger partial charge in [-0.25, -0.2) is 0 Å². The highest BCUT2D eigenvalue weighted by atomic mass is 16.8. The number of hydrogen-bond donors (Lipinski definition) is 0. The van der Waals surface area contributed by atoms with Crippen molar-refractivity contribution < 1.29 is 28.5 Å². The summed E-state index contributed by atoms with van der Waals surface area (Å²) in [5, 5.41) is 9.23. The van der Waals surface area contributed by atoms with E-state index in [9.17, 15) is 14.9 Å². The molecule has 2 rings (SSSR count).